The van der Waals surface area contributed by atoms with E-state index in [1.54, 1.807) is 0 Å². The van der Waals surface area contributed by atoms with Crippen molar-refractivity contribution < 1.29 is 0 Å². The normalized spacial score (nSPS) is 11.0. The van der Waals surface area contributed by atoms with Crippen LogP contribution in [0.4, 0.5) is 0 Å². The molecule has 0 aliphatic heterocycles. The lowest BCUT2D eigenvalue weighted by Gasteiger charge is -2.15. The molecule has 0 aromatic heterocycles. The third-order valence-corrected chi connectivity index (χ3v) is 2.32. The molecule has 0 saturated carbocycles. The Morgan fingerprint density at radius 3 is 2.25 bits per heavy atom. The molecule has 0 rings (SSSR count). The molecule has 0 amide bonds. The Morgan fingerprint density at radius 2 is 1.75 bits per heavy atom. The molecule has 0 spiro atoms. The summed E-state index contributed by atoms with van der Waals surface area (Å²) in [4.78, 5) is 2.38. The Labute approximate surface area is 89.8 Å². The van der Waals surface area contributed by atoms with Gasteiger partial charge in [0.2, 0.25) is 0 Å². The second kappa shape index (κ2) is 9.70. The predicted molar refractivity (Wildman–Crippen MR) is 62.7 cm³/mol. The summed E-state index contributed by atoms with van der Waals surface area (Å²) in [6.45, 7) is 4.62. The summed E-state index contributed by atoms with van der Waals surface area (Å²) in [6.07, 6.45) is 2.48. The summed E-state index contributed by atoms with van der Waals surface area (Å²) in [7, 11) is 4.18. The smallest absolute Gasteiger partial charge is 0.0169 e. The van der Waals surface area contributed by atoms with Crippen LogP contribution in [-0.2, 0) is 0 Å². The average molecular weight is 285 g/mol. The van der Waals surface area contributed by atoms with Crippen molar-refractivity contribution in [2.24, 2.45) is 0 Å². The molecule has 0 bridgehead atoms. The van der Waals surface area contributed by atoms with E-state index in [0.29, 0.717) is 0 Å². The van der Waals surface area contributed by atoms with E-state index < -0.39 is 0 Å². The van der Waals surface area contributed by atoms with Crippen molar-refractivity contribution in [3.05, 3.63) is 0 Å². The molecule has 3 nitrogen and oxygen atoms in total. The van der Waals surface area contributed by atoms with Gasteiger partial charge in [0, 0.05) is 29.4 Å². The first-order chi connectivity index (χ1) is 5.81. The molecule has 0 unspecified atom stereocenters. The van der Waals surface area contributed by atoms with Gasteiger partial charge in [0.1, 0.15) is 0 Å². The van der Waals surface area contributed by atoms with Crippen molar-refractivity contribution in [2.75, 3.05) is 40.3 Å². The van der Waals surface area contributed by atoms with E-state index in [1.165, 1.54) is 25.9 Å². The molecule has 0 heterocycles. The molecule has 0 aliphatic rings. The fraction of sp³-hybridized carbons (Fsp3) is 1.00. The molecule has 2 N–H and O–H groups in total. The topological polar surface area (TPSA) is 27.3 Å². The van der Waals surface area contributed by atoms with Gasteiger partial charge in [-0.15, -0.1) is 0 Å². The minimum Gasteiger partial charge on any atom is -0.320 e. The first kappa shape index (κ1) is 12.6. The van der Waals surface area contributed by atoms with Crippen molar-refractivity contribution in [2.45, 2.75) is 12.8 Å². The quantitative estimate of drug-likeness (QED) is 0.393. The van der Waals surface area contributed by atoms with Gasteiger partial charge in [-0.3, -0.25) is 3.53 Å². The first-order valence-electron chi connectivity index (χ1n) is 4.48. The summed E-state index contributed by atoms with van der Waals surface area (Å²) in [6, 6.07) is 0. The second-order valence-corrected chi connectivity index (χ2v) is 3.76. The monoisotopic (exact) mass is 285 g/mol. The van der Waals surface area contributed by atoms with Gasteiger partial charge >= 0.3 is 0 Å². The zero-order valence-electron chi connectivity index (χ0n) is 8.07. The Balaban J connectivity index is 3.04. The summed E-state index contributed by atoms with van der Waals surface area (Å²) < 4.78 is 3.12. The van der Waals surface area contributed by atoms with Crippen LogP contribution in [0.3, 0.4) is 0 Å². The van der Waals surface area contributed by atoms with Crippen molar-refractivity contribution in [1.82, 2.24) is 13.7 Å². The Hall–Kier alpha value is 0.610. The molecule has 12 heavy (non-hydrogen) atoms. The van der Waals surface area contributed by atoms with E-state index in [9.17, 15) is 0 Å². The van der Waals surface area contributed by atoms with Gasteiger partial charge in [-0.2, -0.15) is 0 Å². The number of nitrogens with one attached hydrogen (secondary N) is 2. The zero-order valence-corrected chi connectivity index (χ0v) is 10.2. The lowest BCUT2D eigenvalue weighted by Crippen LogP contribution is -2.25. The molecule has 0 aliphatic carbocycles. The van der Waals surface area contributed by atoms with Crippen LogP contribution in [-0.4, -0.2) is 45.2 Å². The number of hydrogen-bond donors (Lipinski definition) is 2. The molecule has 0 aromatic carbocycles. The first-order valence-corrected chi connectivity index (χ1v) is 5.55. The summed E-state index contributed by atoms with van der Waals surface area (Å²) in [5.74, 6) is 0. The van der Waals surface area contributed by atoms with E-state index in [-0.39, 0.29) is 0 Å². The maximum Gasteiger partial charge on any atom is 0.0169 e. The molecular formula is C8H20IN3. The van der Waals surface area contributed by atoms with Crippen molar-refractivity contribution in [3.63, 3.8) is 0 Å². The molecule has 4 heteroatoms. The van der Waals surface area contributed by atoms with Gasteiger partial charge in [0.15, 0.2) is 0 Å². The van der Waals surface area contributed by atoms with Gasteiger partial charge in [0.05, 0.1) is 0 Å². The molecule has 74 valence electrons. The van der Waals surface area contributed by atoms with Gasteiger partial charge in [-0.05, 0) is 46.6 Å². The maximum absolute atomic E-state index is 3.15. The van der Waals surface area contributed by atoms with Gasteiger partial charge < -0.3 is 10.2 Å². The molecule has 0 atom stereocenters. The fourth-order valence-corrected chi connectivity index (χ4v) is 1.43. The SMILES string of the molecule is CNCCCN(C)CCCNI. The summed E-state index contributed by atoms with van der Waals surface area (Å²) in [5, 5.41) is 3.15. The molecule has 0 fully saturated rings. The van der Waals surface area contributed by atoms with Crippen molar-refractivity contribution in [1.29, 1.82) is 0 Å². The van der Waals surface area contributed by atoms with E-state index in [1.807, 2.05) is 7.05 Å². The highest BCUT2D eigenvalue weighted by Gasteiger charge is 1.96. The van der Waals surface area contributed by atoms with Gasteiger partial charge in [-0.1, -0.05) is 0 Å². The van der Waals surface area contributed by atoms with E-state index in [0.717, 1.165) is 13.1 Å². The number of halogens is 1. The summed E-state index contributed by atoms with van der Waals surface area (Å²) >= 11 is 2.19. The van der Waals surface area contributed by atoms with Crippen LogP contribution < -0.4 is 8.85 Å². The summed E-state index contributed by atoms with van der Waals surface area (Å²) in [5.41, 5.74) is 0. The zero-order chi connectivity index (χ0) is 9.23. The van der Waals surface area contributed by atoms with Crippen LogP contribution in [0.15, 0.2) is 0 Å². The minimum atomic E-state index is 1.11. The van der Waals surface area contributed by atoms with Crippen molar-refractivity contribution in [3.8, 4) is 0 Å². The Kier molecular flexibility index (Phi) is 10.2. The third kappa shape index (κ3) is 8.70. The predicted octanol–water partition coefficient (Wildman–Crippen LogP) is 0.857. The van der Waals surface area contributed by atoms with Crippen LogP contribution in [0.2, 0.25) is 0 Å². The highest BCUT2D eigenvalue weighted by atomic mass is 127. The van der Waals surface area contributed by atoms with Gasteiger partial charge in [0.25, 0.3) is 0 Å². The lowest BCUT2D eigenvalue weighted by molar-refractivity contribution is 0.325. The Bertz CT molecular complexity index is 80.4. The number of nitrogens with zero attached hydrogens (tertiary/aromatic N) is 1. The molecule has 0 aromatic rings. The number of rotatable bonds is 8. The standard InChI is InChI=1S/C8H20IN3/c1-10-5-3-7-12(2)8-4-6-11-9/h10-11H,3-8H2,1-2H3. The minimum absolute atomic E-state index is 1.11. The second-order valence-electron chi connectivity index (χ2n) is 3.00. The average Bonchev–Trinajstić information content (AvgIpc) is 2.06. The fourth-order valence-electron chi connectivity index (χ4n) is 1.05. The van der Waals surface area contributed by atoms with Crippen LogP contribution in [0.5, 0.6) is 0 Å². The van der Waals surface area contributed by atoms with Crippen molar-refractivity contribution >= 4 is 22.9 Å². The molecular weight excluding hydrogens is 265 g/mol. The van der Waals surface area contributed by atoms with E-state index in [2.05, 4.69) is 43.7 Å². The molecule has 0 saturated heterocycles. The Morgan fingerprint density at radius 1 is 1.17 bits per heavy atom. The highest BCUT2D eigenvalue weighted by molar-refractivity contribution is 14.1. The van der Waals surface area contributed by atoms with Crippen LogP contribution in [0, 0.1) is 0 Å². The number of hydrogen-bond acceptors (Lipinski definition) is 3. The maximum atomic E-state index is 3.15. The lowest BCUT2D eigenvalue weighted by atomic mass is 10.3. The van der Waals surface area contributed by atoms with Gasteiger partial charge in [-0.25, -0.2) is 0 Å². The van der Waals surface area contributed by atoms with Crippen LogP contribution in [0.25, 0.3) is 0 Å². The van der Waals surface area contributed by atoms with Crippen LogP contribution >= 0.6 is 22.9 Å². The van der Waals surface area contributed by atoms with Crippen LogP contribution in [0.1, 0.15) is 12.8 Å². The largest absolute Gasteiger partial charge is 0.320 e. The highest BCUT2D eigenvalue weighted by Crippen LogP contribution is 1.89. The van der Waals surface area contributed by atoms with E-state index >= 15 is 0 Å². The third-order valence-electron chi connectivity index (χ3n) is 1.78. The van der Waals surface area contributed by atoms with E-state index in [4.69, 9.17) is 0 Å². The molecule has 0 radical (unpaired) electrons.